The molecule has 1 aliphatic rings. The predicted octanol–water partition coefficient (Wildman–Crippen LogP) is 3.11. The maximum absolute atomic E-state index is 13.1. The lowest BCUT2D eigenvalue weighted by molar-refractivity contribution is -0.141. The van der Waals surface area contributed by atoms with Crippen LogP contribution in [0.3, 0.4) is 0 Å². The Kier molecular flexibility index (Phi) is 8.60. The number of hydrogen-bond donors (Lipinski definition) is 2. The monoisotopic (exact) mass is 538 g/mol. The van der Waals surface area contributed by atoms with Crippen molar-refractivity contribution >= 4 is 11.9 Å². The summed E-state index contributed by atoms with van der Waals surface area (Å²) in [6.45, 7) is 3.35. The molecule has 0 saturated carbocycles. The zero-order chi connectivity index (χ0) is 27.4. The number of ether oxygens (including phenoxy) is 1. The first-order chi connectivity index (χ1) is 17.3. The summed E-state index contributed by atoms with van der Waals surface area (Å²) in [6, 6.07) is -0.136. The molecule has 0 bridgehead atoms. The summed E-state index contributed by atoms with van der Waals surface area (Å²) in [6.07, 6.45) is -7.06. The fraction of sp³-hybridized carbons (Fsp3) is 0.571. The molecule has 3 heterocycles. The van der Waals surface area contributed by atoms with E-state index >= 15 is 0 Å². The molecule has 1 unspecified atom stereocenters. The lowest BCUT2D eigenvalue weighted by Gasteiger charge is -2.37. The highest BCUT2D eigenvalue weighted by atomic mass is 19.4. The molecule has 10 nitrogen and oxygen atoms in total. The highest BCUT2D eigenvalue weighted by molar-refractivity contribution is 5.75. The molecule has 204 valence electrons. The number of hydroxylamine groups is 1. The van der Waals surface area contributed by atoms with E-state index in [0.717, 1.165) is 18.6 Å². The largest absolute Gasteiger partial charge is 0.486 e. The van der Waals surface area contributed by atoms with Crippen LogP contribution in [0.2, 0.25) is 0 Å². The fourth-order valence-electron chi connectivity index (χ4n) is 3.90. The van der Waals surface area contributed by atoms with E-state index in [-0.39, 0.29) is 30.9 Å². The first-order valence-corrected chi connectivity index (χ1v) is 11.1. The van der Waals surface area contributed by atoms with Crippen LogP contribution in [0.15, 0.2) is 23.4 Å². The van der Waals surface area contributed by atoms with Crippen LogP contribution in [-0.2, 0) is 22.0 Å². The van der Waals surface area contributed by atoms with Gasteiger partial charge in [0.1, 0.15) is 12.7 Å². The summed E-state index contributed by atoms with van der Waals surface area (Å²) >= 11 is 0. The Hall–Kier alpha value is -3.43. The highest BCUT2D eigenvalue weighted by Gasteiger charge is 2.38. The number of carbonyl (C=O) groups is 1. The summed E-state index contributed by atoms with van der Waals surface area (Å²) in [5, 5.41) is 4.99. The topological polar surface area (TPSA) is 122 Å². The van der Waals surface area contributed by atoms with Gasteiger partial charge in [-0.1, -0.05) is 0 Å². The summed E-state index contributed by atoms with van der Waals surface area (Å²) in [7, 11) is 0. The molecule has 0 aliphatic carbocycles. The molecular weight excluding hydrogens is 514 g/mol. The second kappa shape index (κ2) is 11.3. The van der Waals surface area contributed by atoms with Gasteiger partial charge >= 0.3 is 12.4 Å². The third-order valence-corrected chi connectivity index (χ3v) is 5.62. The zero-order valence-corrected chi connectivity index (χ0v) is 19.7. The maximum Gasteiger partial charge on any atom is 0.425 e. The molecule has 2 aromatic heterocycles. The first kappa shape index (κ1) is 28.1. The van der Waals surface area contributed by atoms with Crippen molar-refractivity contribution in [1.29, 1.82) is 0 Å². The number of aromatic nitrogens is 4. The van der Waals surface area contributed by atoms with Gasteiger partial charge in [-0.2, -0.15) is 31.4 Å². The van der Waals surface area contributed by atoms with E-state index in [4.69, 9.17) is 9.57 Å². The van der Waals surface area contributed by atoms with Crippen molar-refractivity contribution in [3.63, 3.8) is 0 Å². The number of anilines is 1. The van der Waals surface area contributed by atoms with Gasteiger partial charge in [-0.3, -0.25) is 14.4 Å². The summed E-state index contributed by atoms with van der Waals surface area (Å²) in [5.74, 6) is -1.10. The molecule has 0 spiro atoms. The van der Waals surface area contributed by atoms with E-state index in [1.165, 1.54) is 6.92 Å². The minimum absolute atomic E-state index is 0.0468. The Bertz CT molecular complexity index is 1120. The molecule has 16 heteroatoms. The van der Waals surface area contributed by atoms with Crippen molar-refractivity contribution in [1.82, 2.24) is 25.6 Å². The molecule has 2 N–H and O–H groups in total. The summed E-state index contributed by atoms with van der Waals surface area (Å²) in [4.78, 5) is 38.2. The minimum Gasteiger partial charge on any atom is -0.486 e. The average Bonchev–Trinajstić information content (AvgIpc) is 2.78. The van der Waals surface area contributed by atoms with Crippen LogP contribution in [-0.4, -0.2) is 51.4 Å². The number of rotatable bonds is 8. The van der Waals surface area contributed by atoms with E-state index in [2.05, 4.69) is 20.5 Å². The lowest BCUT2D eigenvalue weighted by Crippen LogP contribution is -2.43. The van der Waals surface area contributed by atoms with Crippen LogP contribution < -0.4 is 20.7 Å². The zero-order valence-electron chi connectivity index (χ0n) is 19.7. The van der Waals surface area contributed by atoms with Gasteiger partial charge in [0.25, 0.3) is 5.56 Å². The smallest absolute Gasteiger partial charge is 0.425 e. The highest BCUT2D eigenvalue weighted by Crippen LogP contribution is 2.33. The van der Waals surface area contributed by atoms with Crippen molar-refractivity contribution in [2.45, 2.75) is 57.6 Å². The van der Waals surface area contributed by atoms with Crippen LogP contribution in [0.25, 0.3) is 0 Å². The van der Waals surface area contributed by atoms with E-state index in [0.29, 0.717) is 19.4 Å². The Labute approximate surface area is 206 Å². The van der Waals surface area contributed by atoms with Gasteiger partial charge in [-0.05, 0) is 32.6 Å². The number of aromatic amines is 1. The predicted molar refractivity (Wildman–Crippen MR) is 115 cm³/mol. The average molecular weight is 538 g/mol. The maximum atomic E-state index is 13.1. The minimum atomic E-state index is -4.95. The molecular formula is C21H24F6N6O4. The number of piperidine rings is 1. The van der Waals surface area contributed by atoms with E-state index in [1.807, 2.05) is 6.92 Å². The number of amides is 1. The third-order valence-electron chi connectivity index (χ3n) is 5.62. The van der Waals surface area contributed by atoms with Crippen LogP contribution >= 0.6 is 0 Å². The molecule has 0 aromatic carbocycles. The van der Waals surface area contributed by atoms with Gasteiger partial charge in [-0.25, -0.2) is 20.5 Å². The molecule has 2 aromatic rings. The van der Waals surface area contributed by atoms with Crippen molar-refractivity contribution in [3.05, 3.63) is 40.1 Å². The molecule has 37 heavy (non-hydrogen) atoms. The molecule has 1 amide bonds. The van der Waals surface area contributed by atoms with E-state index in [1.54, 1.807) is 10.00 Å². The summed E-state index contributed by atoms with van der Waals surface area (Å²) < 4.78 is 82.5. The second-order valence-corrected chi connectivity index (χ2v) is 8.61. The van der Waals surface area contributed by atoms with Crippen molar-refractivity contribution < 1.29 is 40.7 Å². The van der Waals surface area contributed by atoms with Crippen molar-refractivity contribution in [2.24, 2.45) is 5.92 Å². The Balaban J connectivity index is 1.44. The summed E-state index contributed by atoms with van der Waals surface area (Å²) in [5.41, 5.74) is -1.70. The van der Waals surface area contributed by atoms with Gasteiger partial charge < -0.3 is 9.64 Å². The third kappa shape index (κ3) is 7.53. The number of hydrogen-bond acceptors (Lipinski definition) is 8. The molecule has 3 rings (SSSR count). The number of H-pyrrole nitrogens is 1. The van der Waals surface area contributed by atoms with Crippen molar-refractivity contribution in [2.75, 3.05) is 18.1 Å². The quantitative estimate of drug-likeness (QED) is 0.389. The molecule has 1 fully saturated rings. The number of nitrogens with zero attached hydrogens (tertiary/aromatic N) is 4. The fourth-order valence-corrected chi connectivity index (χ4v) is 3.90. The standard InChI is InChI=1S/C21H24F6N6O4/c1-11-5-13(3-4-33(11)19-28-7-14(8-29-19)20(22,23)24)6-16(34)32-36-10-12(2)37-15-9-30-31-18(35)17(15)21(25,26)27/h7-9,11-13H,3-6,10H2,1-2H3,(H,31,35)(H,32,34)/t11-,12-,13?/m0/s1. The van der Waals surface area contributed by atoms with Gasteiger partial charge in [0.15, 0.2) is 11.3 Å². The number of halogens is 6. The van der Waals surface area contributed by atoms with Crippen LogP contribution in [0.5, 0.6) is 5.75 Å². The normalized spacial score (nSPS) is 19.4. The SMILES string of the molecule is C[C@@H](CONC(=O)CC1CCN(c2ncc(C(F)(F)F)cn2)[C@@H](C)C1)Oc1cn[nH]c(=O)c1C(F)(F)F. The molecule has 3 atom stereocenters. The van der Waals surface area contributed by atoms with Gasteiger partial charge in [0, 0.05) is 31.4 Å². The van der Waals surface area contributed by atoms with Crippen LogP contribution in [0.1, 0.15) is 44.2 Å². The van der Waals surface area contributed by atoms with Crippen LogP contribution in [0.4, 0.5) is 32.3 Å². The Morgan fingerprint density at radius 1 is 1.19 bits per heavy atom. The number of alkyl halides is 6. The van der Waals surface area contributed by atoms with Crippen molar-refractivity contribution in [3.8, 4) is 5.75 Å². The number of nitrogens with one attached hydrogen (secondary N) is 2. The molecule has 1 saturated heterocycles. The Morgan fingerprint density at radius 2 is 1.86 bits per heavy atom. The molecule has 1 aliphatic heterocycles. The second-order valence-electron chi connectivity index (χ2n) is 8.61. The van der Waals surface area contributed by atoms with Gasteiger partial charge in [0.05, 0.1) is 11.8 Å². The molecule has 0 radical (unpaired) electrons. The Morgan fingerprint density at radius 3 is 2.46 bits per heavy atom. The lowest BCUT2D eigenvalue weighted by atomic mass is 9.89. The van der Waals surface area contributed by atoms with Gasteiger partial charge in [0.2, 0.25) is 11.9 Å². The van der Waals surface area contributed by atoms with E-state index in [9.17, 15) is 35.9 Å². The van der Waals surface area contributed by atoms with Gasteiger partial charge in [-0.15, -0.1) is 0 Å². The first-order valence-electron chi connectivity index (χ1n) is 11.1. The number of carbonyl (C=O) groups excluding carboxylic acids is 1. The van der Waals surface area contributed by atoms with E-state index < -0.39 is 46.8 Å². The van der Waals surface area contributed by atoms with Crippen LogP contribution in [0, 0.1) is 5.92 Å².